The Morgan fingerprint density at radius 1 is 1.27 bits per heavy atom. The van der Waals surface area contributed by atoms with Crippen LogP contribution < -0.4 is 0 Å². The summed E-state index contributed by atoms with van der Waals surface area (Å²) < 4.78 is 0. The van der Waals surface area contributed by atoms with Crippen LogP contribution in [0.1, 0.15) is 5.69 Å². The van der Waals surface area contributed by atoms with Crippen LogP contribution in [0.4, 0.5) is 0 Å². The van der Waals surface area contributed by atoms with Crippen molar-refractivity contribution in [3.05, 3.63) is 36.0 Å². The van der Waals surface area contributed by atoms with Gasteiger partial charge in [0.2, 0.25) is 0 Å². The molecule has 0 unspecified atom stereocenters. The van der Waals surface area contributed by atoms with Gasteiger partial charge >= 0.3 is 0 Å². The van der Waals surface area contributed by atoms with Crippen molar-refractivity contribution in [1.29, 1.82) is 0 Å². The summed E-state index contributed by atoms with van der Waals surface area (Å²) in [6.07, 6.45) is 0. The van der Waals surface area contributed by atoms with E-state index in [1.807, 2.05) is 43.3 Å². The average Bonchev–Trinajstić information content (AvgIpc) is 2.18. The van der Waals surface area contributed by atoms with Crippen LogP contribution in [0.2, 0.25) is 0 Å². The molecule has 2 aromatic rings. The maximum Gasteiger partial charge on any atom is 0.139 e. The molecule has 0 aliphatic rings. The summed E-state index contributed by atoms with van der Waals surface area (Å²) in [4.78, 5) is 6.41. The quantitative estimate of drug-likeness (QED) is 0.809. The van der Waals surface area contributed by atoms with E-state index in [9.17, 15) is 5.11 Å². The van der Waals surface area contributed by atoms with Crippen LogP contribution in [-0.4, -0.2) is 29.1 Å². The van der Waals surface area contributed by atoms with Crippen LogP contribution in [0.5, 0.6) is 5.75 Å². The van der Waals surface area contributed by atoms with Crippen molar-refractivity contribution in [3.63, 3.8) is 0 Å². The molecule has 0 saturated heterocycles. The van der Waals surface area contributed by atoms with Crippen LogP contribution in [0.25, 0.3) is 10.9 Å². The van der Waals surface area contributed by atoms with Crippen LogP contribution in [0.15, 0.2) is 30.3 Å². The third-order valence-corrected chi connectivity index (χ3v) is 2.25. The van der Waals surface area contributed by atoms with Crippen LogP contribution in [0, 0.1) is 0 Å². The third kappa shape index (κ3) is 2.07. The molecule has 0 amide bonds. The van der Waals surface area contributed by atoms with Gasteiger partial charge in [-0.1, -0.05) is 18.2 Å². The molecular weight excluding hydrogens is 188 g/mol. The molecule has 0 fully saturated rings. The zero-order chi connectivity index (χ0) is 10.8. The first-order chi connectivity index (χ1) is 7.16. The van der Waals surface area contributed by atoms with Gasteiger partial charge in [0.25, 0.3) is 0 Å². The van der Waals surface area contributed by atoms with Gasteiger partial charge in [-0.2, -0.15) is 0 Å². The van der Waals surface area contributed by atoms with E-state index < -0.39 is 0 Å². The van der Waals surface area contributed by atoms with E-state index in [4.69, 9.17) is 0 Å². The van der Waals surface area contributed by atoms with E-state index in [0.717, 1.165) is 16.6 Å². The summed E-state index contributed by atoms with van der Waals surface area (Å²) >= 11 is 0. The van der Waals surface area contributed by atoms with Gasteiger partial charge in [0.15, 0.2) is 0 Å². The van der Waals surface area contributed by atoms with Gasteiger partial charge in [-0.15, -0.1) is 0 Å². The maximum absolute atomic E-state index is 9.77. The molecule has 78 valence electrons. The number of aromatic nitrogens is 1. The van der Waals surface area contributed by atoms with Gasteiger partial charge in [0.1, 0.15) is 5.75 Å². The van der Waals surface area contributed by atoms with E-state index in [1.165, 1.54) is 0 Å². The van der Waals surface area contributed by atoms with Crippen molar-refractivity contribution >= 4 is 10.9 Å². The number of aromatic hydroxyl groups is 1. The third-order valence-electron chi connectivity index (χ3n) is 2.25. The van der Waals surface area contributed by atoms with Crippen molar-refractivity contribution in [2.24, 2.45) is 0 Å². The van der Waals surface area contributed by atoms with Crippen molar-refractivity contribution in [1.82, 2.24) is 9.88 Å². The fourth-order valence-electron chi connectivity index (χ4n) is 1.56. The van der Waals surface area contributed by atoms with E-state index in [2.05, 4.69) is 4.98 Å². The summed E-state index contributed by atoms with van der Waals surface area (Å²) in [6.45, 7) is 0.649. The second kappa shape index (κ2) is 3.87. The zero-order valence-electron chi connectivity index (χ0n) is 8.94. The second-order valence-electron chi connectivity index (χ2n) is 3.88. The molecule has 1 aromatic carbocycles. The van der Waals surface area contributed by atoms with E-state index >= 15 is 0 Å². The van der Waals surface area contributed by atoms with Gasteiger partial charge in [-0.25, -0.2) is 4.98 Å². The second-order valence-corrected chi connectivity index (χ2v) is 3.88. The average molecular weight is 202 g/mol. The van der Waals surface area contributed by atoms with Crippen molar-refractivity contribution < 1.29 is 5.11 Å². The molecule has 0 saturated carbocycles. The normalized spacial score (nSPS) is 11.1. The first-order valence-electron chi connectivity index (χ1n) is 4.89. The smallest absolute Gasteiger partial charge is 0.139 e. The van der Waals surface area contributed by atoms with Crippen molar-refractivity contribution in [2.45, 2.75) is 6.54 Å². The van der Waals surface area contributed by atoms with Gasteiger partial charge < -0.3 is 10.0 Å². The molecule has 0 aliphatic carbocycles. The molecule has 0 spiro atoms. The SMILES string of the molecule is CN(C)Cc1nc2ccccc2cc1O. The Bertz CT molecular complexity index is 480. The van der Waals surface area contributed by atoms with Gasteiger partial charge in [-0.3, -0.25) is 0 Å². The largest absolute Gasteiger partial charge is 0.506 e. The Morgan fingerprint density at radius 3 is 2.73 bits per heavy atom. The first-order valence-corrected chi connectivity index (χ1v) is 4.89. The lowest BCUT2D eigenvalue weighted by Gasteiger charge is -2.11. The number of rotatable bonds is 2. The van der Waals surface area contributed by atoms with Crippen LogP contribution in [-0.2, 0) is 6.54 Å². The fourth-order valence-corrected chi connectivity index (χ4v) is 1.56. The highest BCUT2D eigenvalue weighted by Gasteiger charge is 2.06. The highest BCUT2D eigenvalue weighted by Crippen LogP contribution is 2.22. The number of hydrogen-bond donors (Lipinski definition) is 1. The summed E-state index contributed by atoms with van der Waals surface area (Å²) in [5.74, 6) is 0.266. The van der Waals surface area contributed by atoms with Gasteiger partial charge in [-0.05, 0) is 26.2 Å². The summed E-state index contributed by atoms with van der Waals surface area (Å²) in [6, 6.07) is 9.55. The molecule has 3 heteroatoms. The summed E-state index contributed by atoms with van der Waals surface area (Å²) in [7, 11) is 3.91. The molecule has 2 rings (SSSR count). The molecule has 0 radical (unpaired) electrons. The van der Waals surface area contributed by atoms with Crippen molar-refractivity contribution in [3.8, 4) is 5.75 Å². The highest BCUT2D eigenvalue weighted by atomic mass is 16.3. The number of pyridine rings is 1. The van der Waals surface area contributed by atoms with Gasteiger partial charge in [0.05, 0.1) is 11.2 Å². The first kappa shape index (κ1) is 9.93. The number of nitrogens with zero attached hydrogens (tertiary/aromatic N) is 2. The highest BCUT2D eigenvalue weighted by molar-refractivity contribution is 5.80. The Kier molecular flexibility index (Phi) is 2.56. The molecule has 0 aliphatic heterocycles. The van der Waals surface area contributed by atoms with Gasteiger partial charge in [0, 0.05) is 11.9 Å². The number of para-hydroxylation sites is 1. The monoisotopic (exact) mass is 202 g/mol. The lowest BCUT2D eigenvalue weighted by molar-refractivity contribution is 0.379. The number of fused-ring (bicyclic) bond motifs is 1. The van der Waals surface area contributed by atoms with E-state index in [1.54, 1.807) is 6.07 Å². The molecule has 0 bridgehead atoms. The summed E-state index contributed by atoms with van der Waals surface area (Å²) in [5, 5.41) is 10.7. The Labute approximate surface area is 89.0 Å². The summed E-state index contributed by atoms with van der Waals surface area (Å²) in [5.41, 5.74) is 1.64. The molecule has 0 atom stereocenters. The van der Waals surface area contributed by atoms with Crippen LogP contribution >= 0.6 is 0 Å². The minimum absolute atomic E-state index is 0.266. The maximum atomic E-state index is 9.77. The number of hydrogen-bond acceptors (Lipinski definition) is 3. The lowest BCUT2D eigenvalue weighted by atomic mass is 10.2. The van der Waals surface area contributed by atoms with E-state index in [-0.39, 0.29) is 5.75 Å². The Balaban J connectivity index is 2.52. The predicted molar refractivity (Wildman–Crippen MR) is 60.8 cm³/mol. The lowest BCUT2D eigenvalue weighted by Crippen LogP contribution is -2.12. The molecule has 1 aromatic heterocycles. The Morgan fingerprint density at radius 2 is 2.00 bits per heavy atom. The molecule has 3 nitrogen and oxygen atoms in total. The minimum Gasteiger partial charge on any atom is -0.506 e. The minimum atomic E-state index is 0.266. The standard InChI is InChI=1S/C12H14N2O/c1-14(2)8-11-12(15)7-9-5-3-4-6-10(9)13-11/h3-7,15H,8H2,1-2H3. The molecule has 15 heavy (non-hydrogen) atoms. The fraction of sp³-hybridized carbons (Fsp3) is 0.250. The number of benzene rings is 1. The Hall–Kier alpha value is -1.61. The predicted octanol–water partition coefficient (Wildman–Crippen LogP) is 2.00. The topological polar surface area (TPSA) is 36.4 Å². The van der Waals surface area contributed by atoms with E-state index in [0.29, 0.717) is 6.54 Å². The molecular formula is C12H14N2O. The van der Waals surface area contributed by atoms with Crippen molar-refractivity contribution in [2.75, 3.05) is 14.1 Å². The van der Waals surface area contributed by atoms with Crippen LogP contribution in [0.3, 0.4) is 0 Å². The zero-order valence-corrected chi connectivity index (χ0v) is 8.94. The molecule has 1 heterocycles. The molecule has 1 N–H and O–H groups in total.